The highest BCUT2D eigenvalue weighted by Crippen LogP contribution is 2.43. The van der Waals surface area contributed by atoms with Gasteiger partial charge in [0, 0.05) is 43.7 Å². The van der Waals surface area contributed by atoms with Crippen LogP contribution in [0.15, 0.2) is 60.7 Å². The molecule has 0 aliphatic carbocycles. The maximum absolute atomic E-state index is 13.6. The summed E-state index contributed by atoms with van der Waals surface area (Å²) in [5.74, 6) is -0.0542. The van der Waals surface area contributed by atoms with Gasteiger partial charge in [-0.05, 0) is 52.4 Å². The van der Waals surface area contributed by atoms with Crippen molar-refractivity contribution >= 4 is 68.7 Å². The summed E-state index contributed by atoms with van der Waals surface area (Å²) in [4.78, 5) is 16.0. The number of rotatable bonds is 6. The van der Waals surface area contributed by atoms with Crippen molar-refractivity contribution in [2.75, 3.05) is 37.6 Å². The zero-order valence-corrected chi connectivity index (χ0v) is 22.6. The van der Waals surface area contributed by atoms with Crippen LogP contribution in [0.25, 0.3) is 32.7 Å². The van der Waals surface area contributed by atoms with Crippen LogP contribution in [0.2, 0.25) is 10.0 Å². The largest absolute Gasteiger partial charge is 0.368 e. The van der Waals surface area contributed by atoms with Crippen molar-refractivity contribution < 1.29 is 4.79 Å². The van der Waals surface area contributed by atoms with E-state index in [1.54, 1.807) is 6.07 Å². The maximum Gasteiger partial charge on any atom is 0.253 e. The van der Waals surface area contributed by atoms with Gasteiger partial charge in [0.15, 0.2) is 0 Å². The van der Waals surface area contributed by atoms with Crippen molar-refractivity contribution in [3.63, 3.8) is 0 Å². The van der Waals surface area contributed by atoms with Gasteiger partial charge in [-0.3, -0.25) is 4.79 Å². The number of amides is 1. The summed E-state index contributed by atoms with van der Waals surface area (Å²) in [6.45, 7) is 6.22. The monoisotopic (exact) mass is 541 g/mol. The van der Waals surface area contributed by atoms with E-state index in [9.17, 15) is 4.79 Å². The highest BCUT2D eigenvalue weighted by atomic mass is 35.5. The van der Waals surface area contributed by atoms with Gasteiger partial charge in [0.1, 0.15) is 0 Å². The van der Waals surface area contributed by atoms with Gasteiger partial charge in [0.05, 0.1) is 21.3 Å². The lowest BCUT2D eigenvalue weighted by Gasteiger charge is -2.33. The summed E-state index contributed by atoms with van der Waals surface area (Å²) < 4.78 is 0. The average molecular weight is 543 g/mol. The summed E-state index contributed by atoms with van der Waals surface area (Å²) in [5.41, 5.74) is 3.41. The fourth-order valence-corrected chi connectivity index (χ4v) is 5.31. The summed E-state index contributed by atoms with van der Waals surface area (Å²) >= 11 is 13.1. The first-order chi connectivity index (χ1) is 17.1. The number of piperazine rings is 1. The first-order valence-corrected chi connectivity index (χ1v) is 13.0. The molecule has 5 rings (SSSR count). The number of anilines is 1. The van der Waals surface area contributed by atoms with Crippen LogP contribution in [0, 0.1) is 0 Å². The molecule has 7 heteroatoms. The Kier molecular flexibility index (Phi) is 8.63. The molecular weight excluding hydrogens is 513 g/mol. The van der Waals surface area contributed by atoms with E-state index >= 15 is 0 Å². The van der Waals surface area contributed by atoms with E-state index in [0.717, 1.165) is 77.4 Å². The van der Waals surface area contributed by atoms with E-state index in [4.69, 9.17) is 23.2 Å². The number of unbranched alkanes of at least 4 members (excludes halogenated alkanes) is 1. The number of halogens is 3. The second-order valence-electron chi connectivity index (χ2n) is 9.01. The molecule has 1 fully saturated rings. The third-order valence-electron chi connectivity index (χ3n) is 6.71. The Labute approximate surface area is 228 Å². The number of fused-ring (bicyclic) bond motifs is 2. The zero-order valence-electron chi connectivity index (χ0n) is 20.2. The fraction of sp³-hybridized carbons (Fsp3) is 0.276. The van der Waals surface area contributed by atoms with Crippen LogP contribution in [-0.2, 0) is 0 Å². The van der Waals surface area contributed by atoms with Crippen molar-refractivity contribution in [2.45, 2.75) is 19.8 Å². The smallest absolute Gasteiger partial charge is 0.253 e. The molecule has 0 saturated carbocycles. The predicted octanol–water partition coefficient (Wildman–Crippen LogP) is 7.33. The Balaban J connectivity index is 0.00000304. The number of hydrogen-bond donors (Lipinski definition) is 2. The molecule has 1 heterocycles. The minimum atomic E-state index is -0.0542. The molecule has 4 nitrogen and oxygen atoms in total. The van der Waals surface area contributed by atoms with Crippen LogP contribution >= 0.6 is 35.6 Å². The Hall–Kier alpha value is -2.50. The van der Waals surface area contributed by atoms with Gasteiger partial charge in [-0.1, -0.05) is 72.9 Å². The van der Waals surface area contributed by atoms with Gasteiger partial charge in [0.25, 0.3) is 5.91 Å². The van der Waals surface area contributed by atoms with E-state index in [1.165, 1.54) is 0 Å². The van der Waals surface area contributed by atoms with Crippen molar-refractivity contribution in [1.29, 1.82) is 0 Å². The lowest BCUT2D eigenvalue weighted by Crippen LogP contribution is -2.44. The highest BCUT2D eigenvalue weighted by Gasteiger charge is 2.25. The third kappa shape index (κ3) is 5.14. The zero-order chi connectivity index (χ0) is 24.4. The fourth-order valence-electron chi connectivity index (χ4n) is 4.91. The van der Waals surface area contributed by atoms with Crippen LogP contribution in [0.5, 0.6) is 0 Å². The molecule has 1 saturated heterocycles. The summed E-state index contributed by atoms with van der Waals surface area (Å²) in [6, 6.07) is 20.4. The quantitative estimate of drug-likeness (QED) is 0.198. The van der Waals surface area contributed by atoms with Gasteiger partial charge in [0.2, 0.25) is 0 Å². The van der Waals surface area contributed by atoms with Crippen LogP contribution in [0.4, 0.5) is 5.69 Å². The second kappa shape index (κ2) is 11.7. The molecule has 0 spiro atoms. The van der Waals surface area contributed by atoms with Crippen molar-refractivity contribution in [1.82, 2.24) is 10.6 Å². The Morgan fingerprint density at radius 1 is 0.944 bits per heavy atom. The van der Waals surface area contributed by atoms with E-state index in [1.807, 2.05) is 24.3 Å². The van der Waals surface area contributed by atoms with Crippen LogP contribution in [0.3, 0.4) is 0 Å². The van der Waals surface area contributed by atoms with Crippen molar-refractivity contribution in [3.05, 3.63) is 76.3 Å². The molecule has 4 aromatic carbocycles. The Morgan fingerprint density at radius 3 is 2.33 bits per heavy atom. The minimum Gasteiger partial charge on any atom is -0.368 e. The first-order valence-electron chi connectivity index (χ1n) is 12.3. The molecule has 1 amide bonds. The Morgan fingerprint density at radius 2 is 1.64 bits per heavy atom. The number of benzene rings is 4. The van der Waals surface area contributed by atoms with Gasteiger partial charge < -0.3 is 15.5 Å². The van der Waals surface area contributed by atoms with E-state index in [-0.39, 0.29) is 18.3 Å². The van der Waals surface area contributed by atoms with Crippen molar-refractivity contribution in [2.24, 2.45) is 0 Å². The molecule has 0 aromatic heterocycles. The SMILES string of the molecule is CCCCNC(=O)c1cc(-c2cccc(Cl)c2Cl)c2cc3ccccc3cc2c1N1CCNCC1.Cl. The van der Waals surface area contributed by atoms with Crippen LogP contribution in [-0.4, -0.2) is 38.6 Å². The van der Waals surface area contributed by atoms with E-state index in [0.29, 0.717) is 22.2 Å². The molecule has 0 unspecified atom stereocenters. The van der Waals surface area contributed by atoms with Gasteiger partial charge in [-0.2, -0.15) is 0 Å². The molecule has 0 atom stereocenters. The summed E-state index contributed by atoms with van der Waals surface area (Å²) in [6.07, 6.45) is 1.97. The third-order valence-corrected chi connectivity index (χ3v) is 7.53. The molecule has 0 bridgehead atoms. The lowest BCUT2D eigenvalue weighted by atomic mass is 9.90. The standard InChI is InChI=1S/C29H29Cl2N3O.ClH/c1-2-3-11-33-29(35)25-18-23(21-9-6-10-26(30)27(21)31)22-16-19-7-4-5-8-20(19)17-24(22)28(25)34-14-12-32-13-15-34;/h4-10,16-18,32H,2-3,11-15H2,1H3,(H,33,35);1H. The van der Waals surface area contributed by atoms with Gasteiger partial charge >= 0.3 is 0 Å². The lowest BCUT2D eigenvalue weighted by molar-refractivity contribution is 0.0953. The molecule has 1 aliphatic rings. The topological polar surface area (TPSA) is 44.4 Å². The molecule has 188 valence electrons. The first kappa shape index (κ1) is 26.6. The Bertz CT molecular complexity index is 1400. The summed E-state index contributed by atoms with van der Waals surface area (Å²) in [7, 11) is 0. The molecule has 0 radical (unpaired) electrons. The van der Waals surface area contributed by atoms with Gasteiger partial charge in [-0.25, -0.2) is 0 Å². The number of nitrogens with one attached hydrogen (secondary N) is 2. The molecule has 4 aromatic rings. The summed E-state index contributed by atoms with van der Waals surface area (Å²) in [5, 5.41) is 12.0. The van der Waals surface area contributed by atoms with Crippen LogP contribution in [0.1, 0.15) is 30.1 Å². The molecule has 2 N–H and O–H groups in total. The molecule has 36 heavy (non-hydrogen) atoms. The minimum absolute atomic E-state index is 0. The van der Waals surface area contributed by atoms with E-state index < -0.39 is 0 Å². The molecular formula is C29H30Cl3N3O. The number of carbonyl (C=O) groups excluding carboxylic acids is 1. The average Bonchev–Trinajstić information content (AvgIpc) is 2.89. The van der Waals surface area contributed by atoms with Crippen LogP contribution < -0.4 is 15.5 Å². The normalized spacial score (nSPS) is 13.6. The van der Waals surface area contributed by atoms with Gasteiger partial charge in [-0.15, -0.1) is 12.4 Å². The van der Waals surface area contributed by atoms with E-state index in [2.05, 4.69) is 52.8 Å². The maximum atomic E-state index is 13.6. The highest BCUT2D eigenvalue weighted by molar-refractivity contribution is 6.44. The number of hydrogen-bond acceptors (Lipinski definition) is 3. The number of carbonyl (C=O) groups is 1. The predicted molar refractivity (Wildman–Crippen MR) is 156 cm³/mol. The second-order valence-corrected chi connectivity index (χ2v) is 9.80. The molecule has 1 aliphatic heterocycles. The number of nitrogens with zero attached hydrogens (tertiary/aromatic N) is 1. The van der Waals surface area contributed by atoms with Crippen molar-refractivity contribution in [3.8, 4) is 11.1 Å².